The first-order valence-corrected chi connectivity index (χ1v) is 10.5. The van der Waals surface area contributed by atoms with Crippen LogP contribution in [0.5, 0.6) is 0 Å². The zero-order valence-corrected chi connectivity index (χ0v) is 15.0. The lowest BCUT2D eigenvalue weighted by Crippen LogP contribution is -2.48. The van der Waals surface area contributed by atoms with Crippen LogP contribution in [0.2, 0.25) is 0 Å². The molecule has 134 valence electrons. The zero-order chi connectivity index (χ0) is 17.3. The van der Waals surface area contributed by atoms with Crippen LogP contribution in [0, 0.1) is 0 Å². The van der Waals surface area contributed by atoms with E-state index in [-0.39, 0.29) is 11.3 Å². The number of nitrogens with one attached hydrogen (secondary N) is 1. The van der Waals surface area contributed by atoms with Gasteiger partial charge in [0.2, 0.25) is 10.0 Å². The Balaban J connectivity index is 1.51. The highest BCUT2D eigenvalue weighted by atomic mass is 32.2. The van der Waals surface area contributed by atoms with Crippen LogP contribution in [0.25, 0.3) is 11.2 Å². The van der Waals surface area contributed by atoms with E-state index in [4.69, 9.17) is 0 Å². The third-order valence-electron chi connectivity index (χ3n) is 5.14. The van der Waals surface area contributed by atoms with Crippen molar-refractivity contribution in [2.24, 2.45) is 0 Å². The molecule has 4 rings (SSSR count). The average Bonchev–Trinajstić information content (AvgIpc) is 3.14. The van der Waals surface area contributed by atoms with Crippen LogP contribution in [0.15, 0.2) is 24.5 Å². The number of anilines is 1. The summed E-state index contributed by atoms with van der Waals surface area (Å²) in [7, 11) is -3.30. The molecular weight excluding hydrogens is 338 g/mol. The normalized spacial score (nSPS) is 22.6. The fourth-order valence-corrected chi connectivity index (χ4v) is 5.54. The lowest BCUT2D eigenvalue weighted by Gasteiger charge is -2.33. The van der Waals surface area contributed by atoms with Gasteiger partial charge in [-0.25, -0.2) is 23.1 Å². The topological polar surface area (TPSA) is 88.1 Å². The molecule has 1 atom stereocenters. The molecule has 0 radical (unpaired) electrons. The zero-order valence-electron chi connectivity index (χ0n) is 14.1. The second-order valence-electron chi connectivity index (χ2n) is 6.92. The van der Waals surface area contributed by atoms with E-state index in [1.165, 1.54) is 0 Å². The van der Waals surface area contributed by atoms with Crippen molar-refractivity contribution < 1.29 is 8.42 Å². The van der Waals surface area contributed by atoms with Gasteiger partial charge in [0.15, 0.2) is 5.65 Å². The van der Waals surface area contributed by atoms with E-state index in [9.17, 15) is 8.42 Å². The van der Waals surface area contributed by atoms with E-state index < -0.39 is 10.0 Å². The summed E-state index contributed by atoms with van der Waals surface area (Å²) in [5.41, 5.74) is 1.34. The van der Waals surface area contributed by atoms with Gasteiger partial charge in [-0.15, -0.1) is 0 Å². The van der Waals surface area contributed by atoms with Crippen molar-refractivity contribution in [1.82, 2.24) is 19.7 Å². The number of rotatable bonds is 4. The van der Waals surface area contributed by atoms with E-state index in [2.05, 4.69) is 24.6 Å². The van der Waals surface area contributed by atoms with Crippen LogP contribution in [-0.4, -0.2) is 47.8 Å². The molecular formula is C17H23N5O2S. The first kappa shape index (κ1) is 16.7. The highest BCUT2D eigenvalue weighted by Gasteiger charge is 2.33. The van der Waals surface area contributed by atoms with Crippen molar-refractivity contribution in [2.45, 2.75) is 49.8 Å². The van der Waals surface area contributed by atoms with Gasteiger partial charge in [-0.3, -0.25) is 4.98 Å². The van der Waals surface area contributed by atoms with Gasteiger partial charge in [-0.2, -0.15) is 0 Å². The molecule has 8 heteroatoms. The Labute approximate surface area is 147 Å². The molecule has 1 aliphatic carbocycles. The first-order chi connectivity index (χ1) is 12.1. The summed E-state index contributed by atoms with van der Waals surface area (Å²) in [4.78, 5) is 15.1. The van der Waals surface area contributed by atoms with Gasteiger partial charge in [-0.1, -0.05) is 12.8 Å². The summed E-state index contributed by atoms with van der Waals surface area (Å²) in [6.45, 7) is 1.29. The SMILES string of the molecule is O=S(=O)(NC1CCCC1)[C@@H]1CCCN(c2ccc3nccnc3n2)C1. The van der Waals surface area contributed by atoms with E-state index in [1.807, 2.05) is 12.1 Å². The van der Waals surface area contributed by atoms with Crippen molar-refractivity contribution in [3.63, 3.8) is 0 Å². The van der Waals surface area contributed by atoms with Crippen LogP contribution < -0.4 is 9.62 Å². The quantitative estimate of drug-likeness (QED) is 0.894. The minimum absolute atomic E-state index is 0.120. The molecule has 2 aromatic heterocycles. The molecule has 2 fully saturated rings. The predicted molar refractivity (Wildman–Crippen MR) is 96.9 cm³/mol. The molecule has 7 nitrogen and oxygen atoms in total. The third kappa shape index (κ3) is 3.59. The van der Waals surface area contributed by atoms with Gasteiger partial charge in [0.25, 0.3) is 0 Å². The van der Waals surface area contributed by atoms with Gasteiger partial charge in [0.1, 0.15) is 11.3 Å². The number of nitrogens with zero attached hydrogens (tertiary/aromatic N) is 4. The Bertz CT molecular complexity index is 851. The fraction of sp³-hybridized carbons (Fsp3) is 0.588. The number of hydrogen-bond donors (Lipinski definition) is 1. The number of sulfonamides is 1. The largest absolute Gasteiger partial charge is 0.355 e. The Hall–Kier alpha value is -1.80. The van der Waals surface area contributed by atoms with E-state index in [1.54, 1.807) is 12.4 Å². The van der Waals surface area contributed by atoms with Crippen molar-refractivity contribution in [3.05, 3.63) is 24.5 Å². The molecule has 2 aromatic rings. The van der Waals surface area contributed by atoms with Crippen LogP contribution >= 0.6 is 0 Å². The monoisotopic (exact) mass is 361 g/mol. The van der Waals surface area contributed by atoms with Gasteiger partial charge in [0.05, 0.1) is 5.25 Å². The molecule has 3 heterocycles. The molecule has 0 bridgehead atoms. The molecule has 0 unspecified atom stereocenters. The third-order valence-corrected chi connectivity index (χ3v) is 7.07. The fourth-order valence-electron chi connectivity index (χ4n) is 3.79. The molecule has 1 saturated carbocycles. The van der Waals surface area contributed by atoms with Crippen LogP contribution in [0.3, 0.4) is 0 Å². The maximum absolute atomic E-state index is 12.8. The summed E-state index contributed by atoms with van der Waals surface area (Å²) >= 11 is 0. The number of hydrogen-bond acceptors (Lipinski definition) is 6. The summed E-state index contributed by atoms with van der Waals surface area (Å²) in [5.74, 6) is 0.772. The van der Waals surface area contributed by atoms with Crippen molar-refractivity contribution >= 4 is 27.0 Å². The second-order valence-corrected chi connectivity index (χ2v) is 8.92. The summed E-state index contributed by atoms with van der Waals surface area (Å²) in [6.07, 6.45) is 8.96. The number of aromatic nitrogens is 3. The Morgan fingerprint density at radius 2 is 1.84 bits per heavy atom. The molecule has 2 aliphatic rings. The van der Waals surface area contributed by atoms with E-state index in [0.717, 1.165) is 50.0 Å². The molecule has 0 aromatic carbocycles. The minimum Gasteiger partial charge on any atom is -0.355 e. The van der Waals surface area contributed by atoms with Crippen LogP contribution in [0.1, 0.15) is 38.5 Å². The number of pyridine rings is 1. The smallest absolute Gasteiger partial charge is 0.216 e. The standard InChI is InChI=1S/C17H23N5O2S/c23-25(24,21-13-4-1-2-5-13)14-6-3-11-22(12-14)16-8-7-15-17(20-16)19-10-9-18-15/h7-10,13-14,21H,1-6,11-12H2/t14-/m1/s1. The number of piperidine rings is 1. The molecule has 0 amide bonds. The summed E-state index contributed by atoms with van der Waals surface area (Å²) in [5, 5.41) is -0.388. The van der Waals surface area contributed by atoms with E-state index in [0.29, 0.717) is 18.6 Å². The Kier molecular flexibility index (Phi) is 4.56. The molecule has 1 saturated heterocycles. The molecule has 25 heavy (non-hydrogen) atoms. The van der Waals surface area contributed by atoms with Crippen molar-refractivity contribution in [3.8, 4) is 0 Å². The average molecular weight is 361 g/mol. The van der Waals surface area contributed by atoms with Crippen LogP contribution in [0.4, 0.5) is 5.82 Å². The van der Waals surface area contributed by atoms with E-state index >= 15 is 0 Å². The summed E-state index contributed by atoms with van der Waals surface area (Å²) < 4.78 is 28.4. The molecule has 0 spiro atoms. The molecule has 1 aliphatic heterocycles. The van der Waals surface area contributed by atoms with Gasteiger partial charge in [-0.05, 0) is 37.8 Å². The van der Waals surface area contributed by atoms with Crippen molar-refractivity contribution in [1.29, 1.82) is 0 Å². The highest BCUT2D eigenvalue weighted by molar-refractivity contribution is 7.90. The Morgan fingerprint density at radius 3 is 2.68 bits per heavy atom. The van der Waals surface area contributed by atoms with Gasteiger partial charge < -0.3 is 4.90 Å². The predicted octanol–water partition coefficient (Wildman–Crippen LogP) is 1.86. The maximum Gasteiger partial charge on any atom is 0.216 e. The summed E-state index contributed by atoms with van der Waals surface area (Å²) in [6, 6.07) is 3.91. The van der Waals surface area contributed by atoms with Crippen molar-refractivity contribution in [2.75, 3.05) is 18.0 Å². The molecule has 1 N–H and O–H groups in total. The van der Waals surface area contributed by atoms with Gasteiger partial charge in [0, 0.05) is 31.5 Å². The second kappa shape index (κ2) is 6.84. The first-order valence-electron chi connectivity index (χ1n) is 8.96. The maximum atomic E-state index is 12.8. The minimum atomic E-state index is -3.30. The lowest BCUT2D eigenvalue weighted by molar-refractivity contribution is 0.505. The number of fused-ring (bicyclic) bond motifs is 1. The lowest BCUT2D eigenvalue weighted by atomic mass is 10.1. The Morgan fingerprint density at radius 1 is 1.04 bits per heavy atom. The van der Waals surface area contributed by atoms with Gasteiger partial charge >= 0.3 is 0 Å². The van der Waals surface area contributed by atoms with Crippen LogP contribution in [-0.2, 0) is 10.0 Å². The highest BCUT2D eigenvalue weighted by Crippen LogP contribution is 2.25.